The molecule has 0 bridgehead atoms. The van der Waals surface area contributed by atoms with Gasteiger partial charge >= 0.3 is 0 Å². The summed E-state index contributed by atoms with van der Waals surface area (Å²) in [5.74, 6) is -0.378. The van der Waals surface area contributed by atoms with Gasteiger partial charge in [-0.2, -0.15) is 0 Å². The van der Waals surface area contributed by atoms with Crippen LogP contribution in [0.25, 0.3) is 0 Å². The third-order valence-electron chi connectivity index (χ3n) is 4.41. The van der Waals surface area contributed by atoms with E-state index < -0.39 is 10.0 Å². The van der Waals surface area contributed by atoms with E-state index in [1.54, 1.807) is 4.90 Å². The fourth-order valence-corrected chi connectivity index (χ4v) is 4.98. The number of carbonyl (C=O) groups is 1. The van der Waals surface area contributed by atoms with E-state index in [0.29, 0.717) is 6.54 Å². The van der Waals surface area contributed by atoms with Crippen molar-refractivity contribution in [2.24, 2.45) is 0 Å². The quantitative estimate of drug-likeness (QED) is 0.743. The van der Waals surface area contributed by atoms with Gasteiger partial charge in [0.15, 0.2) is 0 Å². The monoisotopic (exact) mass is 426 g/mol. The molecular formula is C19H20Cl2N2O3S. The fraction of sp³-hybridized carbons (Fsp3) is 0.316. The second-order valence-electron chi connectivity index (χ2n) is 6.49. The number of aryl methyl sites for hydroxylation is 1. The van der Waals surface area contributed by atoms with Crippen molar-refractivity contribution in [1.82, 2.24) is 4.72 Å². The molecule has 1 amide bonds. The summed E-state index contributed by atoms with van der Waals surface area (Å²) in [6.45, 7) is 4.16. The second-order valence-corrected chi connectivity index (χ2v) is 8.99. The molecule has 0 spiro atoms. The van der Waals surface area contributed by atoms with Gasteiger partial charge in [-0.15, -0.1) is 0 Å². The van der Waals surface area contributed by atoms with Gasteiger partial charge in [-0.25, -0.2) is 13.1 Å². The molecule has 2 aromatic carbocycles. The molecule has 0 atom stereocenters. The topological polar surface area (TPSA) is 66.5 Å². The van der Waals surface area contributed by atoms with Crippen LogP contribution in [0.3, 0.4) is 0 Å². The number of carbonyl (C=O) groups excluding carboxylic acids is 1. The highest BCUT2D eigenvalue weighted by molar-refractivity contribution is 7.89. The summed E-state index contributed by atoms with van der Waals surface area (Å²) in [4.78, 5) is 14.6. The fourth-order valence-electron chi connectivity index (χ4n) is 2.82. The maximum absolute atomic E-state index is 13.2. The largest absolute Gasteiger partial charge is 0.308 e. The van der Waals surface area contributed by atoms with Crippen LogP contribution in [-0.4, -0.2) is 26.9 Å². The number of hydrogen-bond acceptors (Lipinski definition) is 3. The first-order chi connectivity index (χ1) is 12.7. The lowest BCUT2D eigenvalue weighted by Gasteiger charge is -2.24. The van der Waals surface area contributed by atoms with E-state index in [1.807, 2.05) is 38.1 Å². The Kier molecular flexibility index (Phi) is 5.82. The van der Waals surface area contributed by atoms with Gasteiger partial charge in [-0.3, -0.25) is 4.79 Å². The first kappa shape index (κ1) is 20.1. The maximum Gasteiger partial charge on any atom is 0.259 e. The summed E-state index contributed by atoms with van der Waals surface area (Å²) in [5.41, 5.74) is 1.78. The molecule has 1 saturated carbocycles. The molecule has 1 aliphatic carbocycles. The zero-order valence-corrected chi connectivity index (χ0v) is 17.3. The molecule has 3 rings (SSSR count). The van der Waals surface area contributed by atoms with E-state index in [9.17, 15) is 13.2 Å². The minimum absolute atomic E-state index is 0.0105. The van der Waals surface area contributed by atoms with Crippen LogP contribution in [0, 0.1) is 6.92 Å². The lowest BCUT2D eigenvalue weighted by Crippen LogP contribution is -2.32. The molecular weight excluding hydrogens is 407 g/mol. The zero-order chi connectivity index (χ0) is 19.8. The van der Waals surface area contributed by atoms with E-state index in [4.69, 9.17) is 23.2 Å². The number of benzene rings is 2. The molecule has 144 valence electrons. The Balaban J connectivity index is 2.03. The van der Waals surface area contributed by atoms with Crippen molar-refractivity contribution >= 4 is 44.8 Å². The van der Waals surface area contributed by atoms with Gasteiger partial charge in [-0.1, -0.05) is 41.4 Å². The molecule has 2 aromatic rings. The zero-order valence-electron chi connectivity index (χ0n) is 15.0. The number of hydrogen-bond donors (Lipinski definition) is 1. The van der Waals surface area contributed by atoms with Crippen LogP contribution in [0.2, 0.25) is 10.0 Å². The standard InChI is InChI=1S/C19H20Cl2N2O3S/c1-3-23(17-7-5-4-6-12(17)2)19(24)14-10-18(16(21)11-15(14)20)27(25,26)22-13-8-9-13/h4-7,10-11,13,22H,3,8-9H2,1-2H3. The maximum atomic E-state index is 13.2. The highest BCUT2D eigenvalue weighted by Gasteiger charge is 2.31. The molecule has 0 saturated heterocycles. The van der Waals surface area contributed by atoms with Gasteiger partial charge in [0, 0.05) is 18.3 Å². The van der Waals surface area contributed by atoms with Crippen LogP contribution in [-0.2, 0) is 10.0 Å². The molecule has 0 unspecified atom stereocenters. The molecule has 1 aliphatic rings. The summed E-state index contributed by atoms with van der Waals surface area (Å²) >= 11 is 12.4. The Morgan fingerprint density at radius 2 is 1.85 bits per heavy atom. The van der Waals surface area contributed by atoms with Gasteiger partial charge in [0.2, 0.25) is 10.0 Å². The number of nitrogens with one attached hydrogen (secondary N) is 1. The lowest BCUT2D eigenvalue weighted by atomic mass is 10.1. The molecule has 27 heavy (non-hydrogen) atoms. The highest BCUT2D eigenvalue weighted by atomic mass is 35.5. The van der Waals surface area contributed by atoms with Crippen molar-refractivity contribution in [3.63, 3.8) is 0 Å². The normalized spacial score (nSPS) is 14.2. The van der Waals surface area contributed by atoms with Crippen LogP contribution in [0.15, 0.2) is 41.3 Å². The van der Waals surface area contributed by atoms with E-state index in [0.717, 1.165) is 24.1 Å². The molecule has 1 fully saturated rings. The van der Waals surface area contributed by atoms with Crippen LogP contribution in [0.5, 0.6) is 0 Å². The van der Waals surface area contributed by atoms with E-state index >= 15 is 0 Å². The summed E-state index contributed by atoms with van der Waals surface area (Å²) in [6.07, 6.45) is 1.60. The Morgan fingerprint density at radius 3 is 2.44 bits per heavy atom. The molecule has 0 aliphatic heterocycles. The summed E-state index contributed by atoms with van der Waals surface area (Å²) in [6, 6.07) is 9.98. The summed E-state index contributed by atoms with van der Waals surface area (Å²) < 4.78 is 27.8. The smallest absolute Gasteiger partial charge is 0.259 e. The van der Waals surface area contributed by atoms with Crippen molar-refractivity contribution in [3.8, 4) is 0 Å². The molecule has 1 N–H and O–H groups in total. The van der Waals surface area contributed by atoms with Crippen molar-refractivity contribution in [1.29, 1.82) is 0 Å². The van der Waals surface area contributed by atoms with E-state index in [1.165, 1.54) is 12.1 Å². The van der Waals surface area contributed by atoms with Crippen molar-refractivity contribution in [2.45, 2.75) is 37.6 Å². The summed E-state index contributed by atoms with van der Waals surface area (Å²) in [5, 5.41) is 0.103. The predicted molar refractivity (Wildman–Crippen MR) is 108 cm³/mol. The Bertz CT molecular complexity index is 988. The minimum Gasteiger partial charge on any atom is -0.308 e. The average Bonchev–Trinajstić information content (AvgIpc) is 3.40. The van der Waals surface area contributed by atoms with Crippen LogP contribution in [0.1, 0.15) is 35.7 Å². The molecule has 5 nitrogen and oxygen atoms in total. The minimum atomic E-state index is -3.82. The summed E-state index contributed by atoms with van der Waals surface area (Å²) in [7, 11) is -3.82. The number of halogens is 2. The van der Waals surface area contributed by atoms with Crippen molar-refractivity contribution in [3.05, 3.63) is 57.6 Å². The van der Waals surface area contributed by atoms with Gasteiger partial charge in [0.25, 0.3) is 5.91 Å². The van der Waals surface area contributed by atoms with Crippen molar-refractivity contribution < 1.29 is 13.2 Å². The Labute approximate surface area is 169 Å². The van der Waals surface area contributed by atoms with Gasteiger partial charge < -0.3 is 4.90 Å². The second kappa shape index (κ2) is 7.80. The third-order valence-corrected chi connectivity index (χ3v) is 6.71. The van der Waals surface area contributed by atoms with Gasteiger partial charge in [0.1, 0.15) is 4.90 Å². The Hall–Kier alpha value is -1.60. The number of rotatable bonds is 6. The number of para-hydroxylation sites is 1. The molecule has 8 heteroatoms. The Morgan fingerprint density at radius 1 is 1.19 bits per heavy atom. The lowest BCUT2D eigenvalue weighted by molar-refractivity contribution is 0.0988. The van der Waals surface area contributed by atoms with Crippen LogP contribution < -0.4 is 9.62 Å². The van der Waals surface area contributed by atoms with E-state index in [-0.39, 0.29) is 32.5 Å². The number of anilines is 1. The number of sulfonamides is 1. The third kappa shape index (κ3) is 4.29. The van der Waals surface area contributed by atoms with Crippen LogP contribution in [0.4, 0.5) is 5.69 Å². The molecule has 0 aromatic heterocycles. The van der Waals surface area contributed by atoms with Crippen molar-refractivity contribution in [2.75, 3.05) is 11.4 Å². The van der Waals surface area contributed by atoms with Crippen LogP contribution >= 0.6 is 23.2 Å². The highest BCUT2D eigenvalue weighted by Crippen LogP contribution is 2.32. The predicted octanol–water partition coefficient (Wildman–Crippen LogP) is 4.41. The number of nitrogens with zero attached hydrogens (tertiary/aromatic N) is 1. The van der Waals surface area contributed by atoms with Gasteiger partial charge in [-0.05, 0) is 50.5 Å². The average molecular weight is 427 g/mol. The molecule has 0 radical (unpaired) electrons. The SMILES string of the molecule is CCN(C(=O)c1cc(S(=O)(=O)NC2CC2)c(Cl)cc1Cl)c1ccccc1C. The van der Waals surface area contributed by atoms with E-state index in [2.05, 4.69) is 4.72 Å². The number of amides is 1. The first-order valence-corrected chi connectivity index (χ1v) is 10.9. The van der Waals surface area contributed by atoms with Gasteiger partial charge in [0.05, 0.1) is 15.6 Å². The first-order valence-electron chi connectivity index (χ1n) is 8.63. The molecule has 0 heterocycles.